The van der Waals surface area contributed by atoms with Crippen LogP contribution in [0.1, 0.15) is 49.5 Å². The highest BCUT2D eigenvalue weighted by atomic mass is 32.2. The number of hydrogen-bond acceptors (Lipinski definition) is 3. The maximum absolute atomic E-state index is 4.74. The zero-order valence-corrected chi connectivity index (χ0v) is 10.7. The van der Waals surface area contributed by atoms with E-state index in [2.05, 4.69) is 11.6 Å². The standard InChI is InChI=1S/C12H19N3S/c1-9-5-6-11-13-12(14-15(11)8-9)10-4-2-3-7-16-10/h9-10H,2-8H2,1H3. The second kappa shape index (κ2) is 4.40. The molecule has 4 heteroatoms. The maximum Gasteiger partial charge on any atom is 0.163 e. The molecule has 88 valence electrons. The lowest BCUT2D eigenvalue weighted by atomic mass is 10.0. The van der Waals surface area contributed by atoms with Gasteiger partial charge in [0, 0.05) is 13.0 Å². The average Bonchev–Trinajstić information content (AvgIpc) is 2.73. The van der Waals surface area contributed by atoms with Gasteiger partial charge >= 0.3 is 0 Å². The van der Waals surface area contributed by atoms with Crippen molar-refractivity contribution < 1.29 is 0 Å². The van der Waals surface area contributed by atoms with E-state index in [-0.39, 0.29) is 0 Å². The molecular weight excluding hydrogens is 218 g/mol. The second-order valence-electron chi connectivity index (χ2n) is 5.07. The summed E-state index contributed by atoms with van der Waals surface area (Å²) in [6.07, 6.45) is 6.37. The molecule has 1 fully saturated rings. The minimum absolute atomic E-state index is 0.571. The first-order valence-corrected chi connectivity index (χ1v) is 7.43. The minimum atomic E-state index is 0.571. The number of rotatable bonds is 1. The van der Waals surface area contributed by atoms with E-state index in [0.29, 0.717) is 5.25 Å². The predicted molar refractivity (Wildman–Crippen MR) is 66.6 cm³/mol. The molecule has 0 saturated carbocycles. The van der Waals surface area contributed by atoms with E-state index in [1.54, 1.807) is 0 Å². The van der Waals surface area contributed by atoms with Crippen LogP contribution in [-0.4, -0.2) is 20.5 Å². The first-order chi connectivity index (χ1) is 7.83. The molecule has 2 aliphatic rings. The van der Waals surface area contributed by atoms with Crippen LogP contribution in [0.3, 0.4) is 0 Å². The van der Waals surface area contributed by atoms with Crippen molar-refractivity contribution in [3.63, 3.8) is 0 Å². The van der Waals surface area contributed by atoms with E-state index < -0.39 is 0 Å². The van der Waals surface area contributed by atoms with Gasteiger partial charge in [0.05, 0.1) is 5.25 Å². The van der Waals surface area contributed by atoms with Gasteiger partial charge in [-0.1, -0.05) is 13.3 Å². The molecule has 1 saturated heterocycles. The van der Waals surface area contributed by atoms with Crippen molar-refractivity contribution in [2.45, 2.75) is 50.8 Å². The Hall–Kier alpha value is -0.510. The van der Waals surface area contributed by atoms with Gasteiger partial charge in [0.25, 0.3) is 0 Å². The number of thioether (sulfide) groups is 1. The molecule has 3 nitrogen and oxygen atoms in total. The molecule has 2 aliphatic heterocycles. The van der Waals surface area contributed by atoms with Crippen molar-refractivity contribution in [2.24, 2.45) is 5.92 Å². The Bertz CT molecular complexity index is 368. The normalized spacial score (nSPS) is 30.1. The number of aryl methyl sites for hydroxylation is 1. The summed E-state index contributed by atoms with van der Waals surface area (Å²) in [5.74, 6) is 4.37. The van der Waals surface area contributed by atoms with Crippen molar-refractivity contribution in [1.29, 1.82) is 0 Å². The lowest BCUT2D eigenvalue weighted by Crippen LogP contribution is -2.19. The lowest BCUT2D eigenvalue weighted by Gasteiger charge is -2.18. The van der Waals surface area contributed by atoms with Crippen LogP contribution in [0, 0.1) is 5.92 Å². The molecule has 0 spiro atoms. The van der Waals surface area contributed by atoms with Crippen molar-refractivity contribution >= 4 is 11.8 Å². The summed E-state index contributed by atoms with van der Waals surface area (Å²) < 4.78 is 2.15. The highest BCUT2D eigenvalue weighted by Crippen LogP contribution is 2.37. The van der Waals surface area contributed by atoms with Crippen molar-refractivity contribution in [2.75, 3.05) is 5.75 Å². The highest BCUT2D eigenvalue weighted by Gasteiger charge is 2.24. The molecule has 2 unspecified atom stereocenters. The molecule has 3 rings (SSSR count). The Kier molecular flexibility index (Phi) is 2.92. The molecule has 1 aromatic rings. The molecule has 3 heterocycles. The fourth-order valence-electron chi connectivity index (χ4n) is 2.57. The molecule has 0 radical (unpaired) electrons. The van der Waals surface area contributed by atoms with Crippen molar-refractivity contribution in [3.8, 4) is 0 Å². The number of fused-ring (bicyclic) bond motifs is 1. The first kappa shape index (κ1) is 10.6. The van der Waals surface area contributed by atoms with Gasteiger partial charge in [-0.3, -0.25) is 0 Å². The second-order valence-corrected chi connectivity index (χ2v) is 6.38. The summed E-state index contributed by atoms with van der Waals surface area (Å²) in [7, 11) is 0. The molecule has 0 aliphatic carbocycles. The van der Waals surface area contributed by atoms with Crippen LogP contribution in [0.4, 0.5) is 0 Å². The fourth-order valence-corrected chi connectivity index (χ4v) is 3.81. The summed E-state index contributed by atoms with van der Waals surface area (Å²) in [5, 5.41) is 5.28. The number of nitrogens with zero attached hydrogens (tertiary/aromatic N) is 3. The van der Waals surface area contributed by atoms with Crippen LogP contribution in [0.25, 0.3) is 0 Å². The minimum Gasteiger partial charge on any atom is -0.250 e. The smallest absolute Gasteiger partial charge is 0.163 e. The maximum atomic E-state index is 4.74. The van der Waals surface area contributed by atoms with Crippen LogP contribution in [-0.2, 0) is 13.0 Å². The summed E-state index contributed by atoms with van der Waals surface area (Å²) in [5.41, 5.74) is 0. The monoisotopic (exact) mass is 237 g/mol. The van der Waals surface area contributed by atoms with E-state index in [4.69, 9.17) is 10.1 Å². The van der Waals surface area contributed by atoms with E-state index in [0.717, 1.165) is 24.7 Å². The van der Waals surface area contributed by atoms with Crippen LogP contribution in [0.5, 0.6) is 0 Å². The third-order valence-corrected chi connectivity index (χ3v) is 4.95. The summed E-state index contributed by atoms with van der Waals surface area (Å²) >= 11 is 2.04. The lowest BCUT2D eigenvalue weighted by molar-refractivity contribution is 0.367. The van der Waals surface area contributed by atoms with Gasteiger partial charge in [-0.2, -0.15) is 16.9 Å². The van der Waals surface area contributed by atoms with Crippen molar-refractivity contribution in [1.82, 2.24) is 14.8 Å². The Morgan fingerprint density at radius 2 is 2.25 bits per heavy atom. The predicted octanol–water partition coefficient (Wildman–Crippen LogP) is 2.82. The van der Waals surface area contributed by atoms with Crippen LogP contribution in [0.2, 0.25) is 0 Å². The van der Waals surface area contributed by atoms with Crippen LogP contribution < -0.4 is 0 Å². The Labute approximate surface area is 101 Å². The molecule has 0 bridgehead atoms. The molecule has 0 amide bonds. The van der Waals surface area contributed by atoms with Gasteiger partial charge in [-0.15, -0.1) is 0 Å². The number of aromatic nitrogens is 3. The third kappa shape index (κ3) is 1.99. The molecule has 0 aromatic carbocycles. The molecule has 2 atom stereocenters. The Morgan fingerprint density at radius 3 is 3.06 bits per heavy atom. The van der Waals surface area contributed by atoms with E-state index in [1.165, 1.54) is 37.3 Å². The number of hydrogen-bond donors (Lipinski definition) is 0. The summed E-state index contributed by atoms with van der Waals surface area (Å²) in [4.78, 5) is 4.74. The van der Waals surface area contributed by atoms with E-state index >= 15 is 0 Å². The first-order valence-electron chi connectivity index (χ1n) is 6.38. The van der Waals surface area contributed by atoms with E-state index in [1.807, 2.05) is 11.8 Å². The summed E-state index contributed by atoms with van der Waals surface area (Å²) in [6, 6.07) is 0. The largest absolute Gasteiger partial charge is 0.250 e. The average molecular weight is 237 g/mol. The van der Waals surface area contributed by atoms with Gasteiger partial charge in [0.2, 0.25) is 0 Å². The van der Waals surface area contributed by atoms with Gasteiger partial charge in [0.1, 0.15) is 5.82 Å². The Balaban J connectivity index is 1.80. The molecular formula is C12H19N3S. The summed E-state index contributed by atoms with van der Waals surface area (Å²) in [6.45, 7) is 3.37. The van der Waals surface area contributed by atoms with Crippen LogP contribution in [0.15, 0.2) is 0 Å². The quantitative estimate of drug-likeness (QED) is 0.752. The Morgan fingerprint density at radius 1 is 1.31 bits per heavy atom. The molecule has 1 aromatic heterocycles. The SMILES string of the molecule is CC1CCc2nc(C3CCCCS3)nn2C1. The highest BCUT2D eigenvalue weighted by molar-refractivity contribution is 7.99. The van der Waals surface area contributed by atoms with Gasteiger partial charge < -0.3 is 0 Å². The van der Waals surface area contributed by atoms with Crippen LogP contribution >= 0.6 is 11.8 Å². The zero-order valence-electron chi connectivity index (χ0n) is 9.85. The molecule has 16 heavy (non-hydrogen) atoms. The topological polar surface area (TPSA) is 30.7 Å². The third-order valence-electron chi connectivity index (χ3n) is 3.58. The van der Waals surface area contributed by atoms with Gasteiger partial charge in [-0.25, -0.2) is 9.67 Å². The van der Waals surface area contributed by atoms with Crippen molar-refractivity contribution in [3.05, 3.63) is 11.6 Å². The van der Waals surface area contributed by atoms with Gasteiger partial charge in [-0.05, 0) is 30.9 Å². The fraction of sp³-hybridized carbons (Fsp3) is 0.833. The van der Waals surface area contributed by atoms with E-state index in [9.17, 15) is 0 Å². The zero-order chi connectivity index (χ0) is 11.0. The molecule has 0 N–H and O–H groups in total. The van der Waals surface area contributed by atoms with Gasteiger partial charge in [0.15, 0.2) is 5.82 Å².